The Morgan fingerprint density at radius 3 is 0.853 bits per heavy atom. The Morgan fingerprint density at radius 2 is 0.520 bits per heavy atom. The van der Waals surface area contributed by atoms with Crippen LogP contribution in [-0.4, -0.2) is 96.7 Å². The molecule has 0 amide bonds. The van der Waals surface area contributed by atoms with Crippen LogP contribution >= 0.6 is 15.6 Å². The Balaban J connectivity index is 5.48. The van der Waals surface area contributed by atoms with Crippen LogP contribution in [0.2, 0.25) is 0 Å². The van der Waals surface area contributed by atoms with Gasteiger partial charge in [-0.2, -0.15) is 0 Å². The summed E-state index contributed by atoms with van der Waals surface area (Å²) in [5.74, 6) is -2.33. The predicted molar refractivity (Wildman–Crippen MR) is 417 cm³/mol. The number of allylic oxidation sites excluding steroid dienone is 26. The van der Waals surface area contributed by atoms with E-state index in [1.54, 1.807) is 0 Å². The second-order valence-corrected chi connectivity index (χ2v) is 28.1. The number of carbonyl (C=O) groups is 4. The Bertz CT molecular complexity index is 2550. The summed E-state index contributed by atoms with van der Waals surface area (Å²) in [6.45, 7) is 4.37. The summed E-state index contributed by atoms with van der Waals surface area (Å²) in [4.78, 5) is 72.9. The first kappa shape index (κ1) is 96.7. The highest BCUT2D eigenvalue weighted by atomic mass is 31.2. The Hall–Kier alpha value is -5.32. The normalized spacial score (nSPS) is 14.8. The Morgan fingerprint density at radius 1 is 0.284 bits per heavy atom. The SMILES string of the molecule is CC/C=C\C/C=C\C/C=C\C/C=C\C/C=C\CCCC(=O)OCC(COP(=O)(O)OCC(O)COP(=O)(O)OCC(COC(=O)CCCC/C=C\C/C=C\C/C=C\C/C=C\CC)OC(=O)CCCCCCC/C=C\C/C=C\C/C=C\CC)OC(=O)CCCCCCC/C=C\CCCCCCCC. The van der Waals surface area contributed by atoms with Crippen LogP contribution in [0.3, 0.4) is 0 Å². The molecule has 580 valence electrons. The molecule has 0 saturated heterocycles. The van der Waals surface area contributed by atoms with Gasteiger partial charge in [0.05, 0.1) is 26.4 Å². The molecule has 0 aromatic carbocycles. The number of hydrogen-bond donors (Lipinski definition) is 3. The molecule has 0 saturated carbocycles. The summed E-state index contributed by atoms with van der Waals surface area (Å²) in [5.41, 5.74) is 0. The first-order chi connectivity index (χ1) is 49.7. The van der Waals surface area contributed by atoms with Crippen molar-refractivity contribution in [1.29, 1.82) is 0 Å². The predicted octanol–water partition coefficient (Wildman–Crippen LogP) is 22.4. The van der Waals surface area contributed by atoms with Gasteiger partial charge in [-0.1, -0.05) is 256 Å². The van der Waals surface area contributed by atoms with Crippen LogP contribution in [0.4, 0.5) is 0 Å². The van der Waals surface area contributed by atoms with Crippen molar-refractivity contribution >= 4 is 39.5 Å². The minimum atomic E-state index is -5.00. The zero-order chi connectivity index (χ0) is 74.6. The molecule has 0 radical (unpaired) electrons. The molecule has 102 heavy (non-hydrogen) atoms. The van der Waals surface area contributed by atoms with Gasteiger partial charge in [-0.05, 0) is 161 Å². The molecule has 0 spiro atoms. The van der Waals surface area contributed by atoms with Gasteiger partial charge in [-0.3, -0.25) is 37.3 Å². The number of carbonyl (C=O) groups excluding carboxylic acids is 4. The molecule has 0 aromatic heterocycles. The van der Waals surface area contributed by atoms with E-state index in [1.807, 2.05) is 12.2 Å². The highest BCUT2D eigenvalue weighted by molar-refractivity contribution is 7.47. The highest BCUT2D eigenvalue weighted by Gasteiger charge is 2.30. The summed E-state index contributed by atoms with van der Waals surface area (Å²) < 4.78 is 68.4. The van der Waals surface area contributed by atoms with E-state index in [9.17, 15) is 43.2 Å². The second kappa shape index (κ2) is 74.0. The van der Waals surface area contributed by atoms with Crippen LogP contribution in [0, 0.1) is 0 Å². The molecule has 0 aromatic rings. The Kier molecular flexibility index (Phi) is 70.1. The van der Waals surface area contributed by atoms with E-state index >= 15 is 0 Å². The van der Waals surface area contributed by atoms with Gasteiger partial charge in [0, 0.05) is 25.7 Å². The van der Waals surface area contributed by atoms with Crippen molar-refractivity contribution in [2.45, 2.75) is 303 Å². The maximum Gasteiger partial charge on any atom is 0.472 e. The molecule has 0 aliphatic heterocycles. The number of aliphatic hydroxyl groups excluding tert-OH is 1. The first-order valence-electron chi connectivity index (χ1n) is 38.7. The molecule has 0 aliphatic rings. The average molecular weight is 1470 g/mol. The number of aliphatic hydroxyl groups is 1. The number of unbranched alkanes of at least 4 members (excludes halogenated alkanes) is 19. The molecular weight excluding hydrogens is 1330 g/mol. The maximum absolute atomic E-state index is 13.1. The quantitative estimate of drug-likeness (QED) is 0.0169. The van der Waals surface area contributed by atoms with Gasteiger partial charge >= 0.3 is 39.5 Å². The van der Waals surface area contributed by atoms with Gasteiger partial charge in [-0.15, -0.1) is 0 Å². The van der Waals surface area contributed by atoms with Gasteiger partial charge in [-0.25, -0.2) is 9.13 Å². The molecule has 0 bridgehead atoms. The van der Waals surface area contributed by atoms with E-state index < -0.39 is 97.5 Å². The lowest BCUT2D eigenvalue weighted by Gasteiger charge is -2.21. The van der Waals surface area contributed by atoms with Crippen LogP contribution in [0.5, 0.6) is 0 Å². The van der Waals surface area contributed by atoms with E-state index in [0.717, 1.165) is 161 Å². The molecule has 0 aliphatic carbocycles. The average Bonchev–Trinajstić information content (AvgIpc) is 0.923. The zero-order valence-electron chi connectivity index (χ0n) is 63.2. The van der Waals surface area contributed by atoms with Crippen LogP contribution < -0.4 is 0 Å². The molecule has 3 N–H and O–H groups in total. The van der Waals surface area contributed by atoms with Crippen molar-refractivity contribution in [1.82, 2.24) is 0 Å². The summed E-state index contributed by atoms with van der Waals surface area (Å²) in [7, 11) is -10.00. The van der Waals surface area contributed by atoms with Crippen LogP contribution in [0.1, 0.15) is 285 Å². The van der Waals surface area contributed by atoms with Gasteiger partial charge in [0.2, 0.25) is 0 Å². The minimum Gasteiger partial charge on any atom is -0.462 e. The van der Waals surface area contributed by atoms with Crippen molar-refractivity contribution in [2.75, 3.05) is 39.6 Å². The third kappa shape index (κ3) is 73.0. The molecular formula is C83H136O17P2. The number of rotatable bonds is 71. The topological polar surface area (TPSA) is 237 Å². The Labute approximate surface area is 617 Å². The molecule has 5 atom stereocenters. The van der Waals surface area contributed by atoms with E-state index in [2.05, 4.69) is 174 Å². The van der Waals surface area contributed by atoms with E-state index in [0.29, 0.717) is 32.1 Å². The molecule has 19 heteroatoms. The van der Waals surface area contributed by atoms with Crippen LogP contribution in [-0.2, 0) is 65.4 Å². The van der Waals surface area contributed by atoms with Gasteiger partial charge in [0.1, 0.15) is 19.3 Å². The largest absolute Gasteiger partial charge is 0.472 e. The summed E-state index contributed by atoms with van der Waals surface area (Å²) in [6, 6.07) is 0. The fraction of sp³-hybridized carbons (Fsp3) is 0.639. The van der Waals surface area contributed by atoms with Crippen molar-refractivity contribution in [2.24, 2.45) is 0 Å². The summed E-state index contributed by atoms with van der Waals surface area (Å²) >= 11 is 0. The van der Waals surface area contributed by atoms with E-state index in [4.69, 9.17) is 37.0 Å². The van der Waals surface area contributed by atoms with Crippen LogP contribution in [0.15, 0.2) is 158 Å². The maximum atomic E-state index is 13.1. The number of phosphoric ester groups is 2. The number of esters is 4. The molecule has 17 nitrogen and oxygen atoms in total. The van der Waals surface area contributed by atoms with Gasteiger partial charge in [0.15, 0.2) is 12.2 Å². The molecule has 0 rings (SSSR count). The monoisotopic (exact) mass is 1470 g/mol. The lowest BCUT2D eigenvalue weighted by atomic mass is 10.1. The first-order valence-corrected chi connectivity index (χ1v) is 41.7. The minimum absolute atomic E-state index is 0.0597. The number of hydrogen-bond acceptors (Lipinski definition) is 15. The smallest absolute Gasteiger partial charge is 0.462 e. The van der Waals surface area contributed by atoms with Gasteiger partial charge < -0.3 is 33.8 Å². The molecule has 0 heterocycles. The fourth-order valence-electron chi connectivity index (χ4n) is 9.67. The number of ether oxygens (including phenoxy) is 4. The van der Waals surface area contributed by atoms with Crippen molar-refractivity contribution in [3.8, 4) is 0 Å². The van der Waals surface area contributed by atoms with Crippen molar-refractivity contribution < 1.29 is 80.2 Å². The third-order valence-electron chi connectivity index (χ3n) is 15.5. The fourth-order valence-corrected chi connectivity index (χ4v) is 11.2. The third-order valence-corrected chi connectivity index (χ3v) is 17.4. The second-order valence-electron chi connectivity index (χ2n) is 25.1. The highest BCUT2D eigenvalue weighted by Crippen LogP contribution is 2.45. The van der Waals surface area contributed by atoms with Gasteiger partial charge in [0.25, 0.3) is 0 Å². The lowest BCUT2D eigenvalue weighted by molar-refractivity contribution is -0.161. The van der Waals surface area contributed by atoms with Crippen LogP contribution in [0.25, 0.3) is 0 Å². The van der Waals surface area contributed by atoms with E-state index in [-0.39, 0.29) is 25.7 Å². The summed E-state index contributed by atoms with van der Waals surface area (Å²) in [6.07, 6.45) is 85.3. The zero-order valence-corrected chi connectivity index (χ0v) is 65.0. The van der Waals surface area contributed by atoms with Crippen molar-refractivity contribution in [3.05, 3.63) is 158 Å². The lowest BCUT2D eigenvalue weighted by Crippen LogP contribution is -2.30. The molecule has 0 fully saturated rings. The standard InChI is InChI=1S/C83H136O17P2/c1-5-9-13-17-21-25-29-33-37-38-42-44-48-52-56-60-64-68-81(86)94-74-79(100-83(88)70-66-62-58-54-50-46-41-36-32-28-24-20-16-12-8-4)76-98-102(91,92)96-72-77(84)71-95-101(89,90)97-75-78(99-82(87)69-65-61-57-53-49-45-40-35-31-27-23-19-15-11-7-3)73-93-80(85)67-63-59-55-51-47-43-39-34-30-26-22-18-14-10-6-2/h9-11,13-15,21-23,25-27,33-37,39-42,44,47,51-52,56,77-79,84H,5-8,12,16-20,24,28-32,38,43,45-46,48-50,53-55,57-76H2,1-4H3,(H,89,90)(H,91,92)/b13-9-,14-10-,15-11-,25-21-,26-22-,27-23-,37-33-,39-34-,40-35-,41-36-,44-42-,51-47-,56-52-. The van der Waals surface area contributed by atoms with Crippen molar-refractivity contribution in [3.63, 3.8) is 0 Å². The summed E-state index contributed by atoms with van der Waals surface area (Å²) in [5, 5.41) is 10.6. The number of phosphoric acid groups is 2. The molecule has 5 unspecified atom stereocenters. The van der Waals surface area contributed by atoms with E-state index in [1.165, 1.54) is 38.5 Å².